The lowest BCUT2D eigenvalue weighted by Crippen LogP contribution is -2.26. The minimum atomic E-state index is -0.458. The Kier molecular flexibility index (Phi) is 2.81. The highest BCUT2D eigenvalue weighted by atomic mass is 79.9. The van der Waals surface area contributed by atoms with Crippen LogP contribution < -0.4 is 0 Å². The van der Waals surface area contributed by atoms with Crippen LogP contribution >= 0.6 is 15.9 Å². The molecule has 0 N–H and O–H groups in total. The molecule has 0 unspecified atom stereocenters. The van der Waals surface area contributed by atoms with Gasteiger partial charge in [0.1, 0.15) is 5.60 Å². The lowest BCUT2D eigenvalue weighted by Gasteiger charge is -2.19. The third-order valence-corrected chi connectivity index (χ3v) is 1.94. The maximum atomic E-state index is 11.5. The van der Waals surface area contributed by atoms with Crippen LogP contribution in [0.3, 0.4) is 0 Å². The summed E-state index contributed by atoms with van der Waals surface area (Å²) in [5.41, 5.74) is -0.458. The third-order valence-electron chi connectivity index (χ3n) is 1.29. The van der Waals surface area contributed by atoms with Crippen LogP contribution in [-0.2, 0) is 4.74 Å². The first-order chi connectivity index (χ1) is 5.90. The minimum absolute atomic E-state index is 0.371. The molecule has 0 aliphatic heterocycles. The van der Waals surface area contributed by atoms with E-state index in [4.69, 9.17) is 4.74 Å². The Morgan fingerprint density at radius 1 is 1.54 bits per heavy atom. The van der Waals surface area contributed by atoms with Crippen LogP contribution in [0.1, 0.15) is 20.8 Å². The van der Waals surface area contributed by atoms with Gasteiger partial charge in [-0.15, -0.1) is 0 Å². The van der Waals surface area contributed by atoms with Gasteiger partial charge in [-0.1, -0.05) is 0 Å². The number of carbonyl (C=O) groups is 1. The number of hydrogen-bond acceptors (Lipinski definition) is 2. The zero-order valence-electron chi connectivity index (χ0n) is 7.87. The Bertz CT molecular complexity index is 312. The summed E-state index contributed by atoms with van der Waals surface area (Å²) in [7, 11) is 0. The number of aromatic nitrogens is 1. The molecule has 0 aliphatic carbocycles. The van der Waals surface area contributed by atoms with E-state index in [0.29, 0.717) is 4.60 Å². The standard InChI is InChI=1S/C9H12BrNO2/c1-9(2,3)13-8(12)11-6-4-5-7(11)10/h4-6H,1-3H3. The van der Waals surface area contributed by atoms with E-state index in [1.165, 1.54) is 4.57 Å². The number of nitrogens with zero attached hydrogens (tertiary/aromatic N) is 1. The number of hydrogen-bond donors (Lipinski definition) is 0. The molecule has 0 amide bonds. The fraction of sp³-hybridized carbons (Fsp3) is 0.444. The molecule has 1 rings (SSSR count). The summed E-state index contributed by atoms with van der Waals surface area (Å²) in [6, 6.07) is 3.55. The summed E-state index contributed by atoms with van der Waals surface area (Å²) in [4.78, 5) is 11.5. The van der Waals surface area contributed by atoms with Gasteiger partial charge in [0.15, 0.2) is 0 Å². The Morgan fingerprint density at radius 3 is 2.54 bits per heavy atom. The zero-order chi connectivity index (χ0) is 10.1. The topological polar surface area (TPSA) is 31.2 Å². The summed E-state index contributed by atoms with van der Waals surface area (Å²) in [5, 5.41) is 0. The summed E-state index contributed by atoms with van der Waals surface area (Å²) >= 11 is 3.24. The van der Waals surface area contributed by atoms with Gasteiger partial charge in [0.2, 0.25) is 0 Å². The first-order valence-electron chi connectivity index (χ1n) is 3.96. The third kappa shape index (κ3) is 2.88. The molecule has 0 saturated carbocycles. The van der Waals surface area contributed by atoms with E-state index < -0.39 is 5.60 Å². The number of rotatable bonds is 0. The molecule has 1 heterocycles. The first-order valence-corrected chi connectivity index (χ1v) is 4.76. The van der Waals surface area contributed by atoms with Crippen molar-refractivity contribution in [3.05, 3.63) is 22.9 Å². The van der Waals surface area contributed by atoms with Gasteiger partial charge in [-0.05, 0) is 48.8 Å². The van der Waals surface area contributed by atoms with Crippen LogP contribution in [0.25, 0.3) is 0 Å². The molecule has 0 saturated heterocycles. The van der Waals surface area contributed by atoms with Gasteiger partial charge in [0.25, 0.3) is 0 Å². The quantitative estimate of drug-likeness (QED) is 0.704. The van der Waals surface area contributed by atoms with Crippen molar-refractivity contribution < 1.29 is 9.53 Å². The van der Waals surface area contributed by atoms with Crippen LogP contribution in [0.5, 0.6) is 0 Å². The molecule has 0 atom stereocenters. The van der Waals surface area contributed by atoms with Gasteiger partial charge in [0, 0.05) is 6.20 Å². The van der Waals surface area contributed by atoms with E-state index in [1.54, 1.807) is 18.3 Å². The monoisotopic (exact) mass is 245 g/mol. The lowest BCUT2D eigenvalue weighted by atomic mass is 10.2. The van der Waals surface area contributed by atoms with Crippen molar-refractivity contribution >= 4 is 22.0 Å². The molecular weight excluding hydrogens is 234 g/mol. The molecule has 1 aromatic rings. The fourth-order valence-corrected chi connectivity index (χ4v) is 1.23. The van der Waals surface area contributed by atoms with Gasteiger partial charge in [-0.25, -0.2) is 9.36 Å². The zero-order valence-corrected chi connectivity index (χ0v) is 9.46. The maximum absolute atomic E-state index is 11.5. The van der Waals surface area contributed by atoms with E-state index in [2.05, 4.69) is 15.9 Å². The number of ether oxygens (including phenoxy) is 1. The summed E-state index contributed by atoms with van der Waals surface area (Å²) in [5.74, 6) is 0. The number of carbonyl (C=O) groups excluding carboxylic acids is 1. The van der Waals surface area contributed by atoms with Gasteiger partial charge >= 0.3 is 6.09 Å². The maximum Gasteiger partial charge on any atom is 0.419 e. The molecule has 0 spiro atoms. The first kappa shape index (κ1) is 10.3. The van der Waals surface area contributed by atoms with Crippen LogP contribution in [0.15, 0.2) is 22.9 Å². The predicted octanol–water partition coefficient (Wildman–Crippen LogP) is 3.03. The van der Waals surface area contributed by atoms with Gasteiger partial charge in [0.05, 0.1) is 4.60 Å². The second-order valence-corrected chi connectivity index (χ2v) is 4.49. The minimum Gasteiger partial charge on any atom is -0.443 e. The fourth-order valence-electron chi connectivity index (χ4n) is 0.819. The SMILES string of the molecule is CC(C)(C)OC(=O)n1cccc1Br. The Hall–Kier alpha value is -0.770. The smallest absolute Gasteiger partial charge is 0.419 e. The molecule has 0 aliphatic rings. The lowest BCUT2D eigenvalue weighted by molar-refractivity contribution is 0.0534. The van der Waals surface area contributed by atoms with Crippen molar-refractivity contribution in [2.75, 3.05) is 0 Å². The molecule has 0 bridgehead atoms. The molecule has 4 heteroatoms. The van der Waals surface area contributed by atoms with E-state index >= 15 is 0 Å². The second-order valence-electron chi connectivity index (χ2n) is 3.68. The molecule has 72 valence electrons. The molecular formula is C9H12BrNO2. The highest BCUT2D eigenvalue weighted by Crippen LogP contribution is 2.14. The van der Waals surface area contributed by atoms with E-state index in [-0.39, 0.29) is 6.09 Å². The van der Waals surface area contributed by atoms with Crippen LogP contribution in [0.4, 0.5) is 4.79 Å². The largest absolute Gasteiger partial charge is 0.443 e. The average molecular weight is 246 g/mol. The van der Waals surface area contributed by atoms with E-state index in [9.17, 15) is 4.79 Å². The summed E-state index contributed by atoms with van der Waals surface area (Å²) < 4.78 is 7.26. The van der Waals surface area contributed by atoms with E-state index in [0.717, 1.165) is 0 Å². The van der Waals surface area contributed by atoms with Crippen LogP contribution in [-0.4, -0.2) is 16.3 Å². The van der Waals surface area contributed by atoms with Gasteiger partial charge < -0.3 is 4.74 Å². The normalized spacial score (nSPS) is 11.4. The Balaban J connectivity index is 2.76. The average Bonchev–Trinajstić information content (AvgIpc) is 2.30. The molecule has 1 aromatic heterocycles. The van der Waals surface area contributed by atoms with Crippen LogP contribution in [0.2, 0.25) is 0 Å². The highest BCUT2D eigenvalue weighted by molar-refractivity contribution is 9.10. The molecule has 0 fully saturated rings. The molecule has 3 nitrogen and oxygen atoms in total. The summed E-state index contributed by atoms with van der Waals surface area (Å²) in [6.45, 7) is 5.51. The van der Waals surface area contributed by atoms with Crippen molar-refractivity contribution in [2.45, 2.75) is 26.4 Å². The second kappa shape index (κ2) is 3.54. The van der Waals surface area contributed by atoms with Crippen molar-refractivity contribution in [3.8, 4) is 0 Å². The molecule has 0 aromatic carbocycles. The van der Waals surface area contributed by atoms with Crippen molar-refractivity contribution in [1.82, 2.24) is 4.57 Å². The molecule has 0 radical (unpaired) electrons. The van der Waals surface area contributed by atoms with Crippen molar-refractivity contribution in [1.29, 1.82) is 0 Å². The Labute approximate surface area is 85.8 Å². The van der Waals surface area contributed by atoms with Gasteiger partial charge in [-0.2, -0.15) is 0 Å². The Morgan fingerprint density at radius 2 is 2.15 bits per heavy atom. The van der Waals surface area contributed by atoms with Crippen molar-refractivity contribution in [3.63, 3.8) is 0 Å². The molecule has 13 heavy (non-hydrogen) atoms. The predicted molar refractivity (Wildman–Crippen MR) is 53.8 cm³/mol. The van der Waals surface area contributed by atoms with E-state index in [1.807, 2.05) is 20.8 Å². The summed E-state index contributed by atoms with van der Waals surface area (Å²) in [6.07, 6.45) is 1.28. The van der Waals surface area contributed by atoms with Crippen LogP contribution in [0, 0.1) is 0 Å². The number of halogens is 1. The van der Waals surface area contributed by atoms with Crippen molar-refractivity contribution in [2.24, 2.45) is 0 Å². The van der Waals surface area contributed by atoms with Gasteiger partial charge in [-0.3, -0.25) is 0 Å². The highest BCUT2D eigenvalue weighted by Gasteiger charge is 2.18.